The number of hydrogen-bond acceptors (Lipinski definition) is 4. The molecule has 0 fully saturated rings. The molecule has 16 heavy (non-hydrogen) atoms. The van der Waals surface area contributed by atoms with Crippen LogP contribution < -0.4 is 0 Å². The summed E-state index contributed by atoms with van der Waals surface area (Å²) in [6, 6.07) is 2.04. The molecule has 0 saturated carbocycles. The highest BCUT2D eigenvalue weighted by Crippen LogP contribution is 2.18. The van der Waals surface area contributed by atoms with E-state index in [4.69, 9.17) is 16.1 Å². The van der Waals surface area contributed by atoms with Gasteiger partial charge in [0.2, 0.25) is 11.7 Å². The molecule has 0 bridgehead atoms. The zero-order chi connectivity index (χ0) is 11.5. The molecule has 84 valence electrons. The third-order valence-electron chi connectivity index (χ3n) is 2.20. The molecule has 0 aliphatic carbocycles. The molecular weight excluding hydrogens is 226 g/mol. The fourth-order valence-corrected chi connectivity index (χ4v) is 1.64. The van der Waals surface area contributed by atoms with Crippen molar-refractivity contribution in [2.45, 2.75) is 20.3 Å². The Morgan fingerprint density at radius 1 is 1.38 bits per heavy atom. The molecule has 2 rings (SSSR count). The molecule has 0 unspecified atom stereocenters. The molecule has 0 radical (unpaired) electrons. The summed E-state index contributed by atoms with van der Waals surface area (Å²) in [4.78, 5) is 8.54. The van der Waals surface area contributed by atoms with Crippen molar-refractivity contribution in [3.05, 3.63) is 29.3 Å². The van der Waals surface area contributed by atoms with Crippen LogP contribution in [0, 0.1) is 13.8 Å². The standard InChI is InChI=1S/C11H12ClN3O/c1-7-5-8(2)10(13-6-7)11-14-9(3-4-12)16-15-11/h5-6H,3-4H2,1-2H3. The minimum atomic E-state index is 0.474. The highest BCUT2D eigenvalue weighted by Gasteiger charge is 2.11. The molecule has 0 aliphatic heterocycles. The second kappa shape index (κ2) is 4.61. The molecular formula is C11H12ClN3O. The number of alkyl halides is 1. The molecule has 4 nitrogen and oxygen atoms in total. The summed E-state index contributed by atoms with van der Waals surface area (Å²) < 4.78 is 5.06. The van der Waals surface area contributed by atoms with Gasteiger partial charge in [0.05, 0.1) is 0 Å². The van der Waals surface area contributed by atoms with Crippen molar-refractivity contribution in [3.8, 4) is 11.5 Å². The van der Waals surface area contributed by atoms with Crippen LogP contribution in [-0.2, 0) is 6.42 Å². The normalized spacial score (nSPS) is 10.7. The van der Waals surface area contributed by atoms with Crippen LogP contribution in [0.2, 0.25) is 0 Å². The lowest BCUT2D eigenvalue weighted by molar-refractivity contribution is 0.383. The third kappa shape index (κ3) is 2.22. The number of aryl methyl sites for hydroxylation is 3. The summed E-state index contributed by atoms with van der Waals surface area (Å²) in [6.45, 7) is 3.98. The summed E-state index contributed by atoms with van der Waals surface area (Å²) >= 11 is 5.60. The number of nitrogens with zero attached hydrogens (tertiary/aromatic N) is 3. The highest BCUT2D eigenvalue weighted by atomic mass is 35.5. The number of rotatable bonds is 3. The van der Waals surface area contributed by atoms with Crippen LogP contribution >= 0.6 is 11.6 Å². The minimum Gasteiger partial charge on any atom is -0.339 e. The van der Waals surface area contributed by atoms with E-state index in [1.165, 1.54) is 0 Å². The Labute approximate surface area is 98.7 Å². The van der Waals surface area contributed by atoms with Gasteiger partial charge in [-0.1, -0.05) is 11.2 Å². The zero-order valence-corrected chi connectivity index (χ0v) is 9.95. The van der Waals surface area contributed by atoms with Crippen molar-refractivity contribution < 1.29 is 4.52 Å². The van der Waals surface area contributed by atoms with E-state index in [0.29, 0.717) is 24.0 Å². The fourth-order valence-electron chi connectivity index (χ4n) is 1.48. The molecule has 5 heteroatoms. The van der Waals surface area contributed by atoms with Gasteiger partial charge in [0, 0.05) is 18.5 Å². The minimum absolute atomic E-state index is 0.474. The van der Waals surface area contributed by atoms with Crippen LogP contribution in [0.1, 0.15) is 17.0 Å². The Morgan fingerprint density at radius 2 is 2.19 bits per heavy atom. The number of aromatic nitrogens is 3. The topological polar surface area (TPSA) is 51.8 Å². The van der Waals surface area contributed by atoms with E-state index in [1.807, 2.05) is 19.9 Å². The van der Waals surface area contributed by atoms with E-state index >= 15 is 0 Å². The highest BCUT2D eigenvalue weighted by molar-refractivity contribution is 6.17. The van der Waals surface area contributed by atoms with Crippen LogP contribution in [0.25, 0.3) is 11.5 Å². The van der Waals surface area contributed by atoms with Gasteiger partial charge in [0.25, 0.3) is 0 Å². The summed E-state index contributed by atoms with van der Waals surface area (Å²) in [7, 11) is 0. The van der Waals surface area contributed by atoms with Gasteiger partial charge in [-0.15, -0.1) is 11.6 Å². The summed E-state index contributed by atoms with van der Waals surface area (Å²) in [5, 5.41) is 3.89. The summed E-state index contributed by atoms with van der Waals surface area (Å²) in [5.41, 5.74) is 2.92. The van der Waals surface area contributed by atoms with Crippen molar-refractivity contribution in [3.63, 3.8) is 0 Å². The van der Waals surface area contributed by atoms with Gasteiger partial charge in [-0.05, 0) is 25.0 Å². The van der Waals surface area contributed by atoms with Crippen molar-refractivity contribution in [1.82, 2.24) is 15.1 Å². The molecule has 2 heterocycles. The van der Waals surface area contributed by atoms with Crippen molar-refractivity contribution in [2.75, 3.05) is 5.88 Å². The number of halogens is 1. The Balaban J connectivity index is 2.35. The summed E-state index contributed by atoms with van der Waals surface area (Å²) in [6.07, 6.45) is 2.37. The van der Waals surface area contributed by atoms with E-state index in [9.17, 15) is 0 Å². The Hall–Kier alpha value is -1.42. The predicted octanol–water partition coefficient (Wildman–Crippen LogP) is 2.53. The Kier molecular flexibility index (Phi) is 3.19. The average Bonchev–Trinajstić information content (AvgIpc) is 2.67. The van der Waals surface area contributed by atoms with Crippen LogP contribution in [-0.4, -0.2) is 21.0 Å². The molecule has 2 aromatic heterocycles. The molecule has 0 aromatic carbocycles. The van der Waals surface area contributed by atoms with Gasteiger partial charge in [0.1, 0.15) is 5.69 Å². The molecule has 0 saturated heterocycles. The first-order chi connectivity index (χ1) is 7.70. The SMILES string of the molecule is Cc1cnc(-c2noc(CCCl)n2)c(C)c1. The zero-order valence-electron chi connectivity index (χ0n) is 9.20. The van der Waals surface area contributed by atoms with Crippen LogP contribution in [0.15, 0.2) is 16.8 Å². The maximum absolute atomic E-state index is 5.60. The Bertz CT molecular complexity index is 496. The lowest BCUT2D eigenvalue weighted by Crippen LogP contribution is -1.92. The molecule has 0 N–H and O–H groups in total. The maximum Gasteiger partial charge on any atom is 0.228 e. The Morgan fingerprint density at radius 3 is 2.88 bits per heavy atom. The van der Waals surface area contributed by atoms with E-state index in [1.54, 1.807) is 6.20 Å². The van der Waals surface area contributed by atoms with Gasteiger partial charge >= 0.3 is 0 Å². The smallest absolute Gasteiger partial charge is 0.228 e. The second-order valence-electron chi connectivity index (χ2n) is 3.63. The van der Waals surface area contributed by atoms with Gasteiger partial charge in [-0.2, -0.15) is 4.98 Å². The molecule has 0 amide bonds. The first-order valence-electron chi connectivity index (χ1n) is 5.03. The number of pyridine rings is 1. The van der Waals surface area contributed by atoms with Crippen molar-refractivity contribution in [2.24, 2.45) is 0 Å². The van der Waals surface area contributed by atoms with Crippen LogP contribution in [0.4, 0.5) is 0 Å². The van der Waals surface area contributed by atoms with Crippen LogP contribution in [0.5, 0.6) is 0 Å². The average molecular weight is 238 g/mol. The van der Waals surface area contributed by atoms with E-state index in [-0.39, 0.29) is 0 Å². The first kappa shape index (κ1) is 11.1. The van der Waals surface area contributed by atoms with Gasteiger partial charge in [-0.3, -0.25) is 4.98 Å². The first-order valence-corrected chi connectivity index (χ1v) is 5.56. The lowest BCUT2D eigenvalue weighted by Gasteiger charge is -2.00. The van der Waals surface area contributed by atoms with Gasteiger partial charge in [0.15, 0.2) is 0 Å². The maximum atomic E-state index is 5.60. The molecule has 2 aromatic rings. The molecule has 0 spiro atoms. The van der Waals surface area contributed by atoms with E-state index in [0.717, 1.165) is 16.8 Å². The molecule has 0 atom stereocenters. The largest absolute Gasteiger partial charge is 0.339 e. The van der Waals surface area contributed by atoms with Gasteiger partial charge < -0.3 is 4.52 Å². The predicted molar refractivity (Wildman–Crippen MR) is 61.4 cm³/mol. The monoisotopic (exact) mass is 237 g/mol. The third-order valence-corrected chi connectivity index (χ3v) is 2.39. The number of hydrogen-bond donors (Lipinski definition) is 0. The van der Waals surface area contributed by atoms with Gasteiger partial charge in [-0.25, -0.2) is 0 Å². The molecule has 0 aliphatic rings. The van der Waals surface area contributed by atoms with Crippen molar-refractivity contribution >= 4 is 11.6 Å². The lowest BCUT2D eigenvalue weighted by atomic mass is 10.1. The van der Waals surface area contributed by atoms with E-state index < -0.39 is 0 Å². The van der Waals surface area contributed by atoms with E-state index in [2.05, 4.69) is 15.1 Å². The van der Waals surface area contributed by atoms with Crippen LogP contribution in [0.3, 0.4) is 0 Å². The van der Waals surface area contributed by atoms with Crippen molar-refractivity contribution in [1.29, 1.82) is 0 Å². The fraction of sp³-hybridized carbons (Fsp3) is 0.364. The second-order valence-corrected chi connectivity index (χ2v) is 4.01. The quantitative estimate of drug-likeness (QED) is 0.770. The summed E-state index contributed by atoms with van der Waals surface area (Å²) in [5.74, 6) is 1.55.